The fourth-order valence-corrected chi connectivity index (χ4v) is 3.76. The fraction of sp³-hybridized carbons (Fsp3) is 0.409. The molecule has 13 heteroatoms. The van der Waals surface area contributed by atoms with Crippen LogP contribution in [-0.4, -0.2) is 66.4 Å². The molecular formula is C22H25F3N8O2. The third kappa shape index (κ3) is 5.92. The molecule has 4 heterocycles. The number of carbonyl (C=O) groups is 1. The molecule has 186 valence electrons. The number of nitrogens with two attached hydrogens (primary N) is 1. The molecule has 1 aliphatic heterocycles. The maximum atomic E-state index is 14.7. The van der Waals surface area contributed by atoms with Crippen LogP contribution in [0, 0.1) is 5.82 Å². The zero-order valence-corrected chi connectivity index (χ0v) is 19.1. The predicted octanol–water partition coefficient (Wildman–Crippen LogP) is 1.62. The minimum absolute atomic E-state index is 0.0117. The van der Waals surface area contributed by atoms with Crippen LogP contribution in [0.4, 0.5) is 19.0 Å². The molecule has 10 nitrogen and oxygen atoms in total. The highest BCUT2D eigenvalue weighted by Crippen LogP contribution is 2.27. The van der Waals surface area contributed by atoms with Gasteiger partial charge in [0.15, 0.2) is 17.3 Å². The van der Waals surface area contributed by atoms with Gasteiger partial charge in [0.1, 0.15) is 0 Å². The lowest BCUT2D eigenvalue weighted by atomic mass is 10.0. The average molecular weight is 490 g/mol. The first-order valence-corrected chi connectivity index (χ1v) is 10.8. The lowest BCUT2D eigenvalue weighted by Gasteiger charge is -2.30. The van der Waals surface area contributed by atoms with E-state index in [0.717, 1.165) is 6.20 Å². The summed E-state index contributed by atoms with van der Waals surface area (Å²) >= 11 is 0. The molecule has 1 aliphatic rings. The molecule has 3 aromatic heterocycles. The maximum Gasteiger partial charge on any atom is 0.274 e. The van der Waals surface area contributed by atoms with Gasteiger partial charge in [-0.25, -0.2) is 23.1 Å². The van der Waals surface area contributed by atoms with Gasteiger partial charge in [-0.15, -0.1) is 0 Å². The molecule has 0 bridgehead atoms. The van der Waals surface area contributed by atoms with Gasteiger partial charge in [0.25, 0.3) is 11.8 Å². The maximum absolute atomic E-state index is 14.7. The number of hydrogen-bond acceptors (Lipinski definition) is 8. The largest absolute Gasteiger partial charge is 0.389 e. The number of carbonyl (C=O) groups excluding carboxylic acids is 1. The normalized spacial score (nSPS) is 17.8. The Kier molecular flexibility index (Phi) is 6.47. The van der Waals surface area contributed by atoms with Crippen molar-refractivity contribution in [1.82, 2.24) is 35.4 Å². The monoisotopic (exact) mass is 490 g/mol. The smallest absolute Gasteiger partial charge is 0.274 e. The standard InChI is InChI=1S/C22H25F3N8O2/c1-21(2,35)11-33-9-12(5-30-33)16-3-14(15(23)7-28-16)17-8-29-19(26)18(32-17)20(34)31-13-4-22(24,25)10-27-6-13/h3,5,7-9,13,27,35H,4,6,10-11H2,1-2H3,(H2,26,29)(H,31,34)/t13-/m0/s1. The van der Waals surface area contributed by atoms with E-state index in [4.69, 9.17) is 5.73 Å². The molecule has 0 radical (unpaired) electrons. The molecule has 1 amide bonds. The minimum Gasteiger partial charge on any atom is -0.389 e. The first kappa shape index (κ1) is 24.5. The van der Waals surface area contributed by atoms with E-state index in [0.29, 0.717) is 11.3 Å². The van der Waals surface area contributed by atoms with Crippen molar-refractivity contribution in [3.05, 3.63) is 42.4 Å². The molecule has 0 spiro atoms. The van der Waals surface area contributed by atoms with Gasteiger partial charge >= 0.3 is 0 Å². The van der Waals surface area contributed by atoms with E-state index < -0.39 is 42.3 Å². The summed E-state index contributed by atoms with van der Waals surface area (Å²) in [5.41, 5.74) is 5.50. The Morgan fingerprint density at radius 1 is 1.31 bits per heavy atom. The fourth-order valence-electron chi connectivity index (χ4n) is 3.76. The van der Waals surface area contributed by atoms with Crippen LogP contribution in [0.3, 0.4) is 0 Å². The second-order valence-corrected chi connectivity index (χ2v) is 9.14. The summed E-state index contributed by atoms with van der Waals surface area (Å²) in [6.07, 6.45) is 4.87. The molecule has 0 aliphatic carbocycles. The van der Waals surface area contributed by atoms with Crippen molar-refractivity contribution in [2.45, 2.75) is 44.4 Å². The number of amides is 1. The van der Waals surface area contributed by atoms with Crippen LogP contribution in [0.1, 0.15) is 30.8 Å². The first-order chi connectivity index (χ1) is 16.4. The van der Waals surface area contributed by atoms with Gasteiger partial charge < -0.3 is 21.5 Å². The minimum atomic E-state index is -2.95. The summed E-state index contributed by atoms with van der Waals surface area (Å²) in [4.78, 5) is 24.9. The molecule has 0 unspecified atom stereocenters. The van der Waals surface area contributed by atoms with Gasteiger partial charge in [-0.2, -0.15) is 5.10 Å². The highest BCUT2D eigenvalue weighted by molar-refractivity contribution is 5.97. The third-order valence-electron chi connectivity index (χ3n) is 5.28. The van der Waals surface area contributed by atoms with Gasteiger partial charge in [0.2, 0.25) is 0 Å². The van der Waals surface area contributed by atoms with Crippen molar-refractivity contribution < 1.29 is 23.1 Å². The summed E-state index contributed by atoms with van der Waals surface area (Å²) < 4.78 is 43.5. The van der Waals surface area contributed by atoms with Gasteiger partial charge in [-0.3, -0.25) is 14.5 Å². The lowest BCUT2D eigenvalue weighted by molar-refractivity contribution is -0.0301. The number of alkyl halides is 2. The average Bonchev–Trinajstić information content (AvgIpc) is 3.20. The number of aromatic nitrogens is 5. The number of hydrogen-bond donors (Lipinski definition) is 4. The van der Waals surface area contributed by atoms with Crippen LogP contribution in [0.5, 0.6) is 0 Å². The summed E-state index contributed by atoms with van der Waals surface area (Å²) in [5.74, 6) is -4.67. The van der Waals surface area contributed by atoms with E-state index in [1.54, 1.807) is 20.0 Å². The van der Waals surface area contributed by atoms with E-state index in [-0.39, 0.29) is 35.9 Å². The van der Waals surface area contributed by atoms with Crippen LogP contribution in [0.25, 0.3) is 22.5 Å². The van der Waals surface area contributed by atoms with Crippen LogP contribution >= 0.6 is 0 Å². The highest BCUT2D eigenvalue weighted by atomic mass is 19.3. The quantitative estimate of drug-likeness (QED) is 0.408. The number of aliphatic hydroxyl groups is 1. The number of halogens is 3. The Hall–Kier alpha value is -3.58. The number of pyridine rings is 1. The Bertz CT molecular complexity index is 1240. The van der Waals surface area contributed by atoms with E-state index >= 15 is 0 Å². The number of piperidine rings is 1. The number of nitrogens with zero attached hydrogens (tertiary/aromatic N) is 5. The summed E-state index contributed by atoms with van der Waals surface area (Å²) in [5, 5.41) is 19.2. The van der Waals surface area contributed by atoms with Crippen LogP contribution in [0.2, 0.25) is 0 Å². The molecule has 0 aromatic carbocycles. The van der Waals surface area contributed by atoms with Crippen LogP contribution < -0.4 is 16.4 Å². The van der Waals surface area contributed by atoms with Crippen molar-refractivity contribution in [3.8, 4) is 22.5 Å². The lowest BCUT2D eigenvalue weighted by Crippen LogP contribution is -2.53. The molecule has 4 rings (SSSR count). The topological polar surface area (TPSA) is 144 Å². The molecule has 5 N–H and O–H groups in total. The second kappa shape index (κ2) is 9.23. The van der Waals surface area contributed by atoms with Crippen molar-refractivity contribution in [2.24, 2.45) is 0 Å². The van der Waals surface area contributed by atoms with Gasteiger partial charge in [-0.05, 0) is 19.9 Å². The summed E-state index contributed by atoms with van der Waals surface area (Å²) in [6, 6.07) is 0.592. The first-order valence-electron chi connectivity index (χ1n) is 10.8. The Morgan fingerprint density at radius 3 is 2.80 bits per heavy atom. The Labute approximate surface area is 198 Å². The second-order valence-electron chi connectivity index (χ2n) is 9.14. The molecule has 1 saturated heterocycles. The van der Waals surface area contributed by atoms with Crippen LogP contribution in [-0.2, 0) is 6.54 Å². The molecule has 1 atom stereocenters. The summed E-state index contributed by atoms with van der Waals surface area (Å²) in [7, 11) is 0. The molecule has 35 heavy (non-hydrogen) atoms. The van der Waals surface area contributed by atoms with Crippen molar-refractivity contribution in [1.29, 1.82) is 0 Å². The van der Waals surface area contributed by atoms with E-state index in [1.165, 1.54) is 23.1 Å². The Morgan fingerprint density at radius 2 is 2.09 bits per heavy atom. The SMILES string of the molecule is CC(C)(O)Cn1cc(-c2cc(-c3cnc(N)c(C(=O)N[C@@H]4CNCC(F)(F)C4)n3)c(F)cn2)cn1. The van der Waals surface area contributed by atoms with Crippen molar-refractivity contribution in [3.63, 3.8) is 0 Å². The number of rotatable bonds is 6. The van der Waals surface area contributed by atoms with E-state index in [9.17, 15) is 23.1 Å². The van der Waals surface area contributed by atoms with Crippen molar-refractivity contribution in [2.75, 3.05) is 18.8 Å². The zero-order chi connectivity index (χ0) is 25.4. The molecule has 0 saturated carbocycles. The van der Waals surface area contributed by atoms with Crippen LogP contribution in [0.15, 0.2) is 30.9 Å². The molecular weight excluding hydrogens is 465 g/mol. The molecule has 1 fully saturated rings. The van der Waals surface area contributed by atoms with Gasteiger partial charge in [-0.1, -0.05) is 0 Å². The zero-order valence-electron chi connectivity index (χ0n) is 19.1. The predicted molar refractivity (Wildman–Crippen MR) is 121 cm³/mol. The van der Waals surface area contributed by atoms with Crippen molar-refractivity contribution >= 4 is 11.7 Å². The van der Waals surface area contributed by atoms with E-state index in [1.807, 2.05) is 0 Å². The molecule has 3 aromatic rings. The number of nitrogen functional groups attached to an aromatic ring is 1. The van der Waals surface area contributed by atoms with E-state index in [2.05, 4.69) is 30.7 Å². The number of nitrogens with one attached hydrogen (secondary N) is 2. The Balaban J connectivity index is 1.60. The highest BCUT2D eigenvalue weighted by Gasteiger charge is 2.37. The van der Waals surface area contributed by atoms with Gasteiger partial charge in [0, 0.05) is 36.3 Å². The summed E-state index contributed by atoms with van der Waals surface area (Å²) in [6.45, 7) is 3.24. The number of anilines is 1. The van der Waals surface area contributed by atoms with Gasteiger partial charge in [0.05, 0.1) is 48.7 Å². The third-order valence-corrected chi connectivity index (χ3v) is 5.28.